The van der Waals surface area contributed by atoms with Gasteiger partial charge in [0.25, 0.3) is 0 Å². The Morgan fingerprint density at radius 3 is 1.76 bits per heavy atom. The van der Waals surface area contributed by atoms with Crippen molar-refractivity contribution in [2.45, 2.75) is 26.2 Å². The molecule has 0 unspecified atom stereocenters. The monoisotopic (exact) mass is 389 g/mol. The largest absolute Gasteiger partial charge is 0.416 e. The van der Waals surface area contributed by atoms with Gasteiger partial charge < -0.3 is 15.5 Å². The molecule has 10 heteroatoms. The van der Waals surface area contributed by atoms with Crippen LogP contribution in [-0.4, -0.2) is 37.2 Å². The van der Waals surface area contributed by atoms with Gasteiger partial charge in [-0.25, -0.2) is 0 Å². The highest BCUT2D eigenvalue weighted by atomic mass is 32.1. The van der Waals surface area contributed by atoms with E-state index in [0.717, 1.165) is 0 Å². The third kappa shape index (κ3) is 8.92. The highest BCUT2D eigenvalue weighted by Crippen LogP contribution is 2.37. The molecule has 0 saturated heterocycles. The average Bonchev–Trinajstić information content (AvgIpc) is 2.46. The van der Waals surface area contributed by atoms with Crippen LogP contribution in [0.1, 0.15) is 25.0 Å². The third-order valence-electron chi connectivity index (χ3n) is 2.69. The minimum Gasteiger partial charge on any atom is -0.361 e. The van der Waals surface area contributed by atoms with E-state index in [-0.39, 0.29) is 16.9 Å². The van der Waals surface area contributed by atoms with Gasteiger partial charge in [0.15, 0.2) is 5.11 Å². The molecule has 0 aliphatic rings. The summed E-state index contributed by atoms with van der Waals surface area (Å²) >= 11 is 4.86. The first-order valence-electron chi connectivity index (χ1n) is 7.38. The van der Waals surface area contributed by atoms with Crippen molar-refractivity contribution >= 4 is 23.0 Å². The van der Waals surface area contributed by atoms with E-state index in [0.29, 0.717) is 25.2 Å². The summed E-state index contributed by atoms with van der Waals surface area (Å²) in [5, 5.41) is 4.98. The number of halogens is 6. The molecular formula is C15H21F6N3S. The van der Waals surface area contributed by atoms with E-state index >= 15 is 0 Å². The normalized spacial score (nSPS) is 11.6. The lowest BCUT2D eigenvalue weighted by Crippen LogP contribution is -2.34. The summed E-state index contributed by atoms with van der Waals surface area (Å²) < 4.78 is 76.3. The van der Waals surface area contributed by atoms with Gasteiger partial charge in [0.1, 0.15) is 0 Å². The number of likely N-dealkylation sites (N-methyl/N-ethyl adjacent to an activating group) is 1. The number of alkyl halides is 6. The van der Waals surface area contributed by atoms with E-state index < -0.39 is 23.5 Å². The Morgan fingerprint density at radius 1 is 0.960 bits per heavy atom. The van der Waals surface area contributed by atoms with E-state index in [2.05, 4.69) is 10.6 Å². The van der Waals surface area contributed by atoms with Gasteiger partial charge in [-0.2, -0.15) is 26.3 Å². The Bertz CT molecular complexity index is 523. The summed E-state index contributed by atoms with van der Waals surface area (Å²) in [4.78, 5) is 1.83. The van der Waals surface area contributed by atoms with Crippen LogP contribution in [0.5, 0.6) is 0 Å². The summed E-state index contributed by atoms with van der Waals surface area (Å²) in [5.41, 5.74) is -3.17. The number of nitrogens with zero attached hydrogens (tertiary/aromatic N) is 1. The first-order chi connectivity index (χ1) is 11.4. The fourth-order valence-corrected chi connectivity index (χ4v) is 1.82. The summed E-state index contributed by atoms with van der Waals surface area (Å²) in [7, 11) is 3.61. The second-order valence-electron chi connectivity index (χ2n) is 4.98. The summed E-state index contributed by atoms with van der Waals surface area (Å²) in [5.74, 6) is 0. The molecule has 0 bridgehead atoms. The molecule has 0 aliphatic carbocycles. The van der Waals surface area contributed by atoms with Crippen LogP contribution < -0.4 is 10.6 Å². The second kappa shape index (κ2) is 9.81. The second-order valence-corrected chi connectivity index (χ2v) is 5.39. The van der Waals surface area contributed by atoms with Crippen molar-refractivity contribution in [3.05, 3.63) is 29.3 Å². The molecule has 0 aliphatic heterocycles. The van der Waals surface area contributed by atoms with Crippen molar-refractivity contribution in [1.82, 2.24) is 10.2 Å². The van der Waals surface area contributed by atoms with Crippen molar-refractivity contribution in [1.29, 1.82) is 0 Å². The molecule has 0 heterocycles. The number of rotatable bonds is 4. The molecular weight excluding hydrogens is 368 g/mol. The highest BCUT2D eigenvalue weighted by Gasteiger charge is 2.36. The molecule has 2 N–H and O–H groups in total. The van der Waals surface area contributed by atoms with E-state index in [9.17, 15) is 26.3 Å². The van der Waals surface area contributed by atoms with E-state index in [1.807, 2.05) is 18.7 Å². The Labute approximate surface area is 148 Å². The molecule has 0 amide bonds. The van der Waals surface area contributed by atoms with Gasteiger partial charge in [0.05, 0.1) is 11.1 Å². The lowest BCUT2D eigenvalue weighted by atomic mass is 10.1. The first kappa shape index (κ1) is 23.4. The Hall–Kier alpha value is -1.55. The van der Waals surface area contributed by atoms with Crippen LogP contribution in [0, 0.1) is 0 Å². The molecule has 3 nitrogen and oxygen atoms in total. The molecule has 1 aromatic rings. The zero-order valence-electron chi connectivity index (χ0n) is 14.3. The number of nitrogens with one attached hydrogen (secondary N) is 2. The van der Waals surface area contributed by atoms with Crippen LogP contribution in [0.15, 0.2) is 18.2 Å². The predicted octanol–water partition coefficient (Wildman–Crippen LogP) is 4.60. The van der Waals surface area contributed by atoms with Crippen LogP contribution >= 0.6 is 12.2 Å². The Kier molecular flexibility index (Phi) is 9.20. The molecule has 0 saturated carbocycles. The quantitative estimate of drug-likeness (QED) is 0.582. The van der Waals surface area contributed by atoms with Crippen LogP contribution in [0.2, 0.25) is 0 Å². The van der Waals surface area contributed by atoms with Crippen LogP contribution in [0.3, 0.4) is 0 Å². The number of anilines is 1. The number of thiocarbonyl (C=S) groups is 1. The lowest BCUT2D eigenvalue weighted by Gasteiger charge is -2.17. The molecule has 0 radical (unpaired) electrons. The molecule has 0 fully saturated rings. The molecule has 0 spiro atoms. The zero-order chi connectivity index (χ0) is 19.8. The number of hydrogen-bond donors (Lipinski definition) is 2. The van der Waals surface area contributed by atoms with E-state index in [4.69, 9.17) is 12.2 Å². The molecule has 1 aromatic carbocycles. The molecule has 0 aromatic heterocycles. The molecule has 1 rings (SSSR count). The van der Waals surface area contributed by atoms with Crippen molar-refractivity contribution in [3.8, 4) is 0 Å². The van der Waals surface area contributed by atoms with Gasteiger partial charge in [0.2, 0.25) is 0 Å². The van der Waals surface area contributed by atoms with Crippen molar-refractivity contribution < 1.29 is 26.3 Å². The third-order valence-corrected chi connectivity index (χ3v) is 2.94. The van der Waals surface area contributed by atoms with Gasteiger partial charge in [-0.1, -0.05) is 13.8 Å². The molecule has 0 atom stereocenters. The van der Waals surface area contributed by atoms with Gasteiger partial charge in [-0.3, -0.25) is 0 Å². The summed E-state index contributed by atoms with van der Waals surface area (Å²) in [6.07, 6.45) is -9.78. The van der Waals surface area contributed by atoms with Crippen molar-refractivity contribution in [3.63, 3.8) is 0 Å². The van der Waals surface area contributed by atoms with Crippen molar-refractivity contribution in [2.75, 3.05) is 32.5 Å². The van der Waals surface area contributed by atoms with E-state index in [1.54, 1.807) is 14.1 Å². The smallest absolute Gasteiger partial charge is 0.361 e. The maximum Gasteiger partial charge on any atom is 0.416 e. The zero-order valence-corrected chi connectivity index (χ0v) is 15.1. The van der Waals surface area contributed by atoms with Crippen molar-refractivity contribution in [2.24, 2.45) is 0 Å². The average molecular weight is 389 g/mol. The van der Waals surface area contributed by atoms with Gasteiger partial charge >= 0.3 is 12.4 Å². The minimum absolute atomic E-state index is 0.0562. The van der Waals surface area contributed by atoms with Crippen LogP contribution in [0.4, 0.5) is 32.0 Å². The SMILES string of the molecule is CC.CN(C)CCNC(=S)Nc1cc(C(F)(F)F)cc(C(F)(F)F)c1. The maximum absolute atomic E-state index is 12.7. The Morgan fingerprint density at radius 2 is 1.40 bits per heavy atom. The fourth-order valence-electron chi connectivity index (χ4n) is 1.60. The number of benzene rings is 1. The summed E-state index contributed by atoms with van der Waals surface area (Å²) in [6, 6.07) is 1.22. The Balaban J connectivity index is 0.00000277. The van der Waals surface area contributed by atoms with Gasteiger partial charge in [0, 0.05) is 18.8 Å². The highest BCUT2D eigenvalue weighted by molar-refractivity contribution is 7.80. The van der Waals surface area contributed by atoms with Gasteiger partial charge in [-0.05, 0) is 44.5 Å². The molecule has 144 valence electrons. The lowest BCUT2D eigenvalue weighted by molar-refractivity contribution is -0.143. The van der Waals surface area contributed by atoms with Crippen LogP contribution in [-0.2, 0) is 12.4 Å². The molecule has 25 heavy (non-hydrogen) atoms. The van der Waals surface area contributed by atoms with E-state index in [1.165, 1.54) is 0 Å². The predicted molar refractivity (Wildman–Crippen MR) is 90.6 cm³/mol. The maximum atomic E-state index is 12.7. The van der Waals surface area contributed by atoms with Gasteiger partial charge in [-0.15, -0.1) is 0 Å². The fraction of sp³-hybridized carbons (Fsp3) is 0.533. The summed E-state index contributed by atoms with van der Waals surface area (Å²) in [6.45, 7) is 4.99. The first-order valence-corrected chi connectivity index (χ1v) is 7.79. The standard InChI is InChI=1S/C13H15F6N3S.C2H6/c1-22(2)4-3-20-11(23)21-10-6-8(12(14,15)16)5-9(7-10)13(17,18)19;1-2/h5-7H,3-4H2,1-2H3,(H2,20,21,23);1-2H3. The topological polar surface area (TPSA) is 27.3 Å². The number of hydrogen-bond acceptors (Lipinski definition) is 2. The van der Waals surface area contributed by atoms with Crippen LogP contribution in [0.25, 0.3) is 0 Å². The minimum atomic E-state index is -4.89.